The Morgan fingerprint density at radius 3 is 2.83 bits per heavy atom. The molecule has 0 unspecified atom stereocenters. The van der Waals surface area contributed by atoms with E-state index in [1.54, 1.807) is 6.20 Å². The second-order valence-electron chi connectivity index (χ2n) is 6.45. The summed E-state index contributed by atoms with van der Waals surface area (Å²) in [5, 5.41) is 0. The minimum atomic E-state index is 0.232. The first kappa shape index (κ1) is 16.5. The van der Waals surface area contributed by atoms with Crippen LogP contribution in [0.3, 0.4) is 0 Å². The van der Waals surface area contributed by atoms with Crippen molar-refractivity contribution >= 4 is 11.6 Å². The standard InChI is InChI=1S/C20H25N3O/c1-3-18-15-22(2)19-9-5-4-8-17(19)14-23(18)20(24)11-10-16-7-6-12-21-13-16/h4-9,12-13,18H,3,10-11,14-15H2,1-2H3/t18-/m1/s1. The van der Waals surface area contributed by atoms with Crippen molar-refractivity contribution in [2.45, 2.75) is 38.8 Å². The van der Waals surface area contributed by atoms with Crippen LogP contribution in [0, 0.1) is 0 Å². The maximum Gasteiger partial charge on any atom is 0.223 e. The number of benzene rings is 1. The van der Waals surface area contributed by atoms with Crippen LogP contribution in [0.25, 0.3) is 0 Å². The Kier molecular flexibility index (Phi) is 5.14. The number of carbonyl (C=O) groups excluding carboxylic acids is 1. The van der Waals surface area contributed by atoms with Crippen molar-refractivity contribution in [2.24, 2.45) is 0 Å². The van der Waals surface area contributed by atoms with Crippen molar-refractivity contribution in [1.29, 1.82) is 0 Å². The van der Waals surface area contributed by atoms with Crippen LogP contribution in [0.5, 0.6) is 0 Å². The SMILES string of the molecule is CC[C@@H]1CN(C)c2ccccc2CN1C(=O)CCc1cccnc1. The number of rotatable bonds is 4. The molecule has 3 rings (SSSR count). The van der Waals surface area contributed by atoms with Gasteiger partial charge in [-0.3, -0.25) is 9.78 Å². The number of aromatic nitrogens is 1. The van der Waals surface area contributed by atoms with Crippen molar-refractivity contribution in [1.82, 2.24) is 9.88 Å². The molecule has 0 spiro atoms. The molecule has 1 amide bonds. The molecule has 0 N–H and O–H groups in total. The molecule has 1 atom stereocenters. The van der Waals surface area contributed by atoms with E-state index in [-0.39, 0.29) is 11.9 Å². The number of aryl methyl sites for hydroxylation is 1. The Hall–Kier alpha value is -2.36. The maximum absolute atomic E-state index is 12.9. The highest BCUT2D eigenvalue weighted by Gasteiger charge is 2.28. The highest BCUT2D eigenvalue weighted by Crippen LogP contribution is 2.27. The van der Waals surface area contributed by atoms with Gasteiger partial charge in [0, 0.05) is 50.7 Å². The van der Waals surface area contributed by atoms with Crippen molar-refractivity contribution in [3.63, 3.8) is 0 Å². The first-order chi connectivity index (χ1) is 11.7. The smallest absolute Gasteiger partial charge is 0.223 e. The Bertz CT molecular complexity index is 686. The van der Waals surface area contributed by atoms with Crippen molar-refractivity contribution in [3.8, 4) is 0 Å². The zero-order valence-electron chi connectivity index (χ0n) is 14.5. The fraction of sp³-hybridized carbons (Fsp3) is 0.400. The molecular formula is C20H25N3O. The average molecular weight is 323 g/mol. The lowest BCUT2D eigenvalue weighted by Crippen LogP contribution is -2.43. The molecule has 1 aromatic carbocycles. The zero-order chi connectivity index (χ0) is 16.9. The van der Waals surface area contributed by atoms with Gasteiger partial charge in [0.1, 0.15) is 0 Å². The van der Waals surface area contributed by atoms with Gasteiger partial charge in [-0.15, -0.1) is 0 Å². The summed E-state index contributed by atoms with van der Waals surface area (Å²) >= 11 is 0. The van der Waals surface area contributed by atoms with Crippen molar-refractivity contribution < 1.29 is 4.79 Å². The van der Waals surface area contributed by atoms with Crippen LogP contribution >= 0.6 is 0 Å². The summed E-state index contributed by atoms with van der Waals surface area (Å²) < 4.78 is 0. The lowest BCUT2D eigenvalue weighted by molar-refractivity contribution is -0.134. The van der Waals surface area contributed by atoms with E-state index in [9.17, 15) is 4.79 Å². The van der Waals surface area contributed by atoms with Crippen LogP contribution in [0.1, 0.15) is 30.9 Å². The number of pyridine rings is 1. The molecular weight excluding hydrogens is 298 g/mol. The molecule has 0 aliphatic carbocycles. The Morgan fingerprint density at radius 2 is 2.08 bits per heavy atom. The van der Waals surface area contributed by atoms with Crippen LogP contribution in [0.2, 0.25) is 0 Å². The predicted molar refractivity (Wildman–Crippen MR) is 96.9 cm³/mol. The summed E-state index contributed by atoms with van der Waals surface area (Å²) in [6.07, 6.45) is 5.86. The molecule has 126 valence electrons. The first-order valence-corrected chi connectivity index (χ1v) is 8.66. The van der Waals surface area contributed by atoms with Crippen LogP contribution < -0.4 is 4.90 Å². The molecule has 0 saturated heterocycles. The van der Waals surface area contributed by atoms with Crippen LogP contribution in [-0.4, -0.2) is 35.4 Å². The van der Waals surface area contributed by atoms with E-state index >= 15 is 0 Å². The summed E-state index contributed by atoms with van der Waals surface area (Å²) in [5.74, 6) is 0.232. The Labute approximate surface area is 144 Å². The van der Waals surface area contributed by atoms with Crippen molar-refractivity contribution in [3.05, 3.63) is 59.9 Å². The van der Waals surface area contributed by atoms with Gasteiger partial charge in [0.15, 0.2) is 0 Å². The number of nitrogens with zero attached hydrogens (tertiary/aromatic N) is 3. The fourth-order valence-electron chi connectivity index (χ4n) is 3.42. The number of fused-ring (bicyclic) bond motifs is 1. The number of likely N-dealkylation sites (N-methyl/N-ethyl adjacent to an activating group) is 1. The van der Waals surface area contributed by atoms with Gasteiger partial charge in [0.05, 0.1) is 0 Å². The second kappa shape index (κ2) is 7.47. The quantitative estimate of drug-likeness (QED) is 0.866. The molecule has 0 saturated carbocycles. The highest BCUT2D eigenvalue weighted by atomic mass is 16.2. The average Bonchev–Trinajstić information content (AvgIpc) is 2.77. The monoisotopic (exact) mass is 323 g/mol. The van der Waals surface area contributed by atoms with Gasteiger partial charge in [-0.2, -0.15) is 0 Å². The third-order valence-electron chi connectivity index (χ3n) is 4.81. The largest absolute Gasteiger partial charge is 0.372 e. The normalized spacial score (nSPS) is 17.3. The van der Waals surface area contributed by atoms with Crippen molar-refractivity contribution in [2.75, 3.05) is 18.5 Å². The lowest BCUT2D eigenvalue weighted by atomic mass is 10.1. The van der Waals surface area contributed by atoms with Gasteiger partial charge in [-0.1, -0.05) is 31.2 Å². The van der Waals surface area contributed by atoms with E-state index in [2.05, 4.69) is 53.0 Å². The predicted octanol–water partition coefficient (Wildman–Crippen LogP) is 3.27. The summed E-state index contributed by atoms with van der Waals surface area (Å²) in [5.41, 5.74) is 3.58. The molecule has 4 nitrogen and oxygen atoms in total. The number of carbonyl (C=O) groups is 1. The number of anilines is 1. The van der Waals surface area contributed by atoms with Crippen LogP contribution in [0.4, 0.5) is 5.69 Å². The number of hydrogen-bond donors (Lipinski definition) is 0. The molecule has 2 aromatic rings. The number of para-hydroxylation sites is 1. The topological polar surface area (TPSA) is 36.4 Å². The Balaban J connectivity index is 1.76. The summed E-state index contributed by atoms with van der Waals surface area (Å²) in [6.45, 7) is 3.74. The fourth-order valence-corrected chi connectivity index (χ4v) is 3.42. The van der Waals surface area contributed by atoms with E-state index in [1.165, 1.54) is 11.3 Å². The van der Waals surface area contributed by atoms with Gasteiger partial charge in [0.2, 0.25) is 5.91 Å². The van der Waals surface area contributed by atoms with E-state index in [4.69, 9.17) is 0 Å². The zero-order valence-corrected chi connectivity index (χ0v) is 14.5. The second-order valence-corrected chi connectivity index (χ2v) is 6.45. The molecule has 1 aliphatic heterocycles. The van der Waals surface area contributed by atoms with Crippen LogP contribution in [0.15, 0.2) is 48.8 Å². The molecule has 0 fully saturated rings. The van der Waals surface area contributed by atoms with E-state index < -0.39 is 0 Å². The summed E-state index contributed by atoms with van der Waals surface area (Å²) in [7, 11) is 2.12. The first-order valence-electron chi connectivity index (χ1n) is 8.66. The maximum atomic E-state index is 12.9. The van der Waals surface area contributed by atoms with E-state index in [0.717, 1.165) is 24.9 Å². The molecule has 1 aliphatic rings. The molecule has 0 radical (unpaired) electrons. The minimum Gasteiger partial charge on any atom is -0.372 e. The van der Waals surface area contributed by atoms with E-state index in [0.29, 0.717) is 13.0 Å². The van der Waals surface area contributed by atoms with Crippen LogP contribution in [-0.2, 0) is 17.8 Å². The number of hydrogen-bond acceptors (Lipinski definition) is 3. The van der Waals surface area contributed by atoms with Gasteiger partial charge in [0.25, 0.3) is 0 Å². The van der Waals surface area contributed by atoms with Gasteiger partial charge >= 0.3 is 0 Å². The molecule has 1 aromatic heterocycles. The minimum absolute atomic E-state index is 0.232. The molecule has 0 bridgehead atoms. The summed E-state index contributed by atoms with van der Waals surface area (Å²) in [4.78, 5) is 21.4. The molecule has 4 heteroatoms. The number of amides is 1. The lowest BCUT2D eigenvalue weighted by Gasteiger charge is -2.30. The van der Waals surface area contributed by atoms with Gasteiger partial charge < -0.3 is 9.80 Å². The molecule has 24 heavy (non-hydrogen) atoms. The third-order valence-corrected chi connectivity index (χ3v) is 4.81. The summed E-state index contributed by atoms with van der Waals surface area (Å²) in [6, 6.07) is 12.6. The highest BCUT2D eigenvalue weighted by molar-refractivity contribution is 5.77. The van der Waals surface area contributed by atoms with Gasteiger partial charge in [-0.05, 0) is 36.1 Å². The molecule has 2 heterocycles. The van der Waals surface area contributed by atoms with E-state index in [1.807, 2.05) is 18.3 Å². The van der Waals surface area contributed by atoms with Gasteiger partial charge in [-0.25, -0.2) is 0 Å². The third kappa shape index (κ3) is 3.58. The Morgan fingerprint density at radius 1 is 1.25 bits per heavy atom.